The first-order chi connectivity index (χ1) is 10.8. The monoisotopic (exact) mass is 296 g/mol. The summed E-state index contributed by atoms with van der Waals surface area (Å²) in [5.74, 6) is 0.527. The number of H-pyrrole nitrogens is 1. The third-order valence-electron chi connectivity index (χ3n) is 4.77. The first-order valence-corrected chi connectivity index (χ1v) is 7.94. The van der Waals surface area contributed by atoms with Gasteiger partial charge in [-0.1, -0.05) is 30.3 Å². The fraction of sp³-hybridized carbons (Fsp3) is 0.412. The zero-order valence-electron chi connectivity index (χ0n) is 12.4. The molecule has 0 atom stereocenters. The average molecular weight is 296 g/mol. The topological polar surface area (TPSA) is 69.8 Å². The zero-order chi connectivity index (χ0) is 14.9. The molecule has 22 heavy (non-hydrogen) atoms. The van der Waals surface area contributed by atoms with Gasteiger partial charge in [-0.15, -0.1) is 0 Å². The lowest BCUT2D eigenvalue weighted by atomic mass is 9.76. The number of hydrogen-bond donors (Lipinski definition) is 3. The summed E-state index contributed by atoms with van der Waals surface area (Å²) in [5, 5.41) is 13.6. The van der Waals surface area contributed by atoms with Crippen molar-refractivity contribution in [3.8, 4) is 0 Å². The Morgan fingerprint density at radius 2 is 2.05 bits per heavy atom. The normalized spacial score (nSPS) is 23.5. The first kappa shape index (κ1) is 13.5. The molecule has 5 nitrogen and oxygen atoms in total. The van der Waals surface area contributed by atoms with Gasteiger partial charge in [-0.25, -0.2) is 0 Å². The van der Waals surface area contributed by atoms with Gasteiger partial charge < -0.3 is 10.6 Å². The van der Waals surface area contributed by atoms with E-state index in [0.29, 0.717) is 11.6 Å². The number of aromatic amines is 1. The molecule has 1 aromatic heterocycles. The molecule has 2 aromatic rings. The zero-order valence-corrected chi connectivity index (χ0v) is 12.4. The van der Waals surface area contributed by atoms with E-state index in [4.69, 9.17) is 0 Å². The third kappa shape index (κ3) is 2.41. The quantitative estimate of drug-likeness (QED) is 0.808. The molecule has 0 spiro atoms. The van der Waals surface area contributed by atoms with Gasteiger partial charge in [-0.3, -0.25) is 9.89 Å². The molecule has 3 N–H and O–H groups in total. The Kier molecular flexibility index (Phi) is 3.42. The Hall–Kier alpha value is -2.14. The average Bonchev–Trinajstić information content (AvgIpc) is 2.95. The largest absolute Gasteiger partial charge is 0.348 e. The van der Waals surface area contributed by atoms with Gasteiger partial charge in [0.05, 0.1) is 0 Å². The van der Waals surface area contributed by atoms with E-state index in [2.05, 4.69) is 45.1 Å². The highest BCUT2D eigenvalue weighted by Crippen LogP contribution is 2.36. The number of hydrogen-bond acceptors (Lipinski definition) is 3. The highest BCUT2D eigenvalue weighted by atomic mass is 16.2. The van der Waals surface area contributed by atoms with Crippen LogP contribution in [-0.2, 0) is 13.0 Å². The van der Waals surface area contributed by atoms with Crippen LogP contribution in [0, 0.1) is 0 Å². The van der Waals surface area contributed by atoms with Crippen LogP contribution in [0.3, 0.4) is 0 Å². The van der Waals surface area contributed by atoms with Crippen LogP contribution >= 0.6 is 0 Å². The second-order valence-corrected chi connectivity index (χ2v) is 6.21. The van der Waals surface area contributed by atoms with E-state index in [9.17, 15) is 4.79 Å². The number of rotatable bonds is 3. The molecule has 1 fully saturated rings. The molecule has 4 rings (SSSR count). The number of aromatic nitrogens is 2. The first-order valence-electron chi connectivity index (χ1n) is 7.94. The molecule has 114 valence electrons. The maximum absolute atomic E-state index is 12.4. The Labute approximate surface area is 129 Å². The Morgan fingerprint density at radius 1 is 1.23 bits per heavy atom. The van der Waals surface area contributed by atoms with Gasteiger partial charge in [0, 0.05) is 36.8 Å². The van der Waals surface area contributed by atoms with Gasteiger partial charge in [0.2, 0.25) is 0 Å². The number of carbonyl (C=O) groups excluding carboxylic acids is 1. The standard InChI is InChI=1S/C17H20N4O/c22-17(16-14-10-18-7-6-15(14)20-21-16)19-13-8-12(9-13)11-4-2-1-3-5-11/h1-5,12-13,18H,6-10H2,(H,19,22)(H,20,21). The van der Waals surface area contributed by atoms with Crippen molar-refractivity contribution in [2.24, 2.45) is 0 Å². The minimum absolute atomic E-state index is 0.0438. The Morgan fingerprint density at radius 3 is 2.86 bits per heavy atom. The summed E-state index contributed by atoms with van der Waals surface area (Å²) in [6, 6.07) is 10.8. The third-order valence-corrected chi connectivity index (χ3v) is 4.77. The van der Waals surface area contributed by atoms with Crippen LogP contribution in [0.25, 0.3) is 0 Å². The summed E-state index contributed by atoms with van der Waals surface area (Å²) < 4.78 is 0. The molecule has 1 aliphatic heterocycles. The predicted molar refractivity (Wildman–Crippen MR) is 83.7 cm³/mol. The molecule has 0 saturated heterocycles. The minimum atomic E-state index is -0.0438. The summed E-state index contributed by atoms with van der Waals surface area (Å²) in [6.45, 7) is 1.67. The van der Waals surface area contributed by atoms with Crippen LogP contribution in [-0.4, -0.2) is 28.7 Å². The Bertz CT molecular complexity index is 673. The molecule has 0 radical (unpaired) electrons. The molecule has 2 aliphatic rings. The summed E-state index contributed by atoms with van der Waals surface area (Å²) in [6.07, 6.45) is 2.94. The van der Waals surface area contributed by atoms with E-state index in [0.717, 1.165) is 43.6 Å². The fourth-order valence-electron chi connectivity index (χ4n) is 3.40. The van der Waals surface area contributed by atoms with E-state index < -0.39 is 0 Å². The molecular formula is C17H20N4O. The summed E-state index contributed by atoms with van der Waals surface area (Å²) in [7, 11) is 0. The molecule has 0 bridgehead atoms. The van der Waals surface area contributed by atoms with Crippen molar-refractivity contribution in [2.75, 3.05) is 6.54 Å². The lowest BCUT2D eigenvalue weighted by molar-refractivity contribution is 0.0902. The van der Waals surface area contributed by atoms with E-state index in [1.807, 2.05) is 6.07 Å². The van der Waals surface area contributed by atoms with E-state index in [1.54, 1.807) is 0 Å². The molecule has 1 aromatic carbocycles. The van der Waals surface area contributed by atoms with Crippen molar-refractivity contribution in [1.82, 2.24) is 20.8 Å². The second-order valence-electron chi connectivity index (χ2n) is 6.21. The van der Waals surface area contributed by atoms with Crippen LogP contribution in [0.5, 0.6) is 0 Å². The van der Waals surface area contributed by atoms with Crippen molar-refractivity contribution in [3.63, 3.8) is 0 Å². The van der Waals surface area contributed by atoms with Crippen molar-refractivity contribution in [3.05, 3.63) is 52.8 Å². The van der Waals surface area contributed by atoms with Crippen LogP contribution in [0.15, 0.2) is 30.3 Å². The molecule has 1 aliphatic carbocycles. The van der Waals surface area contributed by atoms with Gasteiger partial charge in [0.25, 0.3) is 5.91 Å². The number of nitrogens with one attached hydrogen (secondary N) is 3. The van der Waals surface area contributed by atoms with Crippen LogP contribution in [0.2, 0.25) is 0 Å². The lowest BCUT2D eigenvalue weighted by Crippen LogP contribution is -2.43. The number of carbonyl (C=O) groups is 1. The molecule has 5 heteroatoms. The predicted octanol–water partition coefficient (Wildman–Crippen LogP) is 1.73. The molecule has 0 unspecified atom stereocenters. The summed E-state index contributed by atoms with van der Waals surface area (Å²) in [4.78, 5) is 12.4. The van der Waals surface area contributed by atoms with Crippen molar-refractivity contribution in [1.29, 1.82) is 0 Å². The number of nitrogens with zero attached hydrogens (tertiary/aromatic N) is 1. The van der Waals surface area contributed by atoms with Crippen LogP contribution < -0.4 is 10.6 Å². The number of fused-ring (bicyclic) bond motifs is 1. The molecular weight excluding hydrogens is 276 g/mol. The SMILES string of the molecule is O=C(NC1CC(c2ccccc2)C1)c1n[nH]c2c1CNCC2. The van der Waals surface area contributed by atoms with Crippen molar-refractivity contribution >= 4 is 5.91 Å². The van der Waals surface area contributed by atoms with Crippen LogP contribution in [0.4, 0.5) is 0 Å². The van der Waals surface area contributed by atoms with E-state index >= 15 is 0 Å². The Balaban J connectivity index is 1.37. The number of amides is 1. The van der Waals surface area contributed by atoms with E-state index in [-0.39, 0.29) is 11.9 Å². The highest BCUT2D eigenvalue weighted by molar-refractivity contribution is 5.94. The van der Waals surface area contributed by atoms with Crippen molar-refractivity contribution < 1.29 is 4.79 Å². The van der Waals surface area contributed by atoms with Gasteiger partial charge in [-0.2, -0.15) is 5.10 Å². The number of benzene rings is 1. The van der Waals surface area contributed by atoms with Gasteiger partial charge in [0.1, 0.15) is 0 Å². The minimum Gasteiger partial charge on any atom is -0.348 e. The maximum Gasteiger partial charge on any atom is 0.272 e. The molecule has 1 amide bonds. The van der Waals surface area contributed by atoms with Crippen LogP contribution in [0.1, 0.15) is 46.1 Å². The maximum atomic E-state index is 12.4. The smallest absolute Gasteiger partial charge is 0.272 e. The second kappa shape index (κ2) is 5.57. The summed E-state index contributed by atoms with van der Waals surface area (Å²) >= 11 is 0. The van der Waals surface area contributed by atoms with Gasteiger partial charge >= 0.3 is 0 Å². The molecule has 1 saturated carbocycles. The highest BCUT2D eigenvalue weighted by Gasteiger charge is 2.32. The van der Waals surface area contributed by atoms with Gasteiger partial charge in [0.15, 0.2) is 5.69 Å². The van der Waals surface area contributed by atoms with E-state index in [1.165, 1.54) is 5.56 Å². The summed E-state index contributed by atoms with van der Waals surface area (Å²) in [5.41, 5.74) is 4.06. The fourth-order valence-corrected chi connectivity index (χ4v) is 3.40. The lowest BCUT2D eigenvalue weighted by Gasteiger charge is -2.36. The van der Waals surface area contributed by atoms with Crippen molar-refractivity contribution in [2.45, 2.75) is 37.8 Å². The van der Waals surface area contributed by atoms with Gasteiger partial charge in [-0.05, 0) is 24.3 Å². The molecule has 2 heterocycles.